The number of benzene rings is 3. The Hall–Kier alpha value is -4.31. The van der Waals surface area contributed by atoms with Gasteiger partial charge in [-0.05, 0) is 86.0 Å². The first-order valence-corrected chi connectivity index (χ1v) is 14.8. The topological polar surface area (TPSA) is 107 Å². The Balaban J connectivity index is 1.52. The van der Waals surface area contributed by atoms with Crippen LogP contribution >= 0.6 is 11.8 Å². The summed E-state index contributed by atoms with van der Waals surface area (Å²) in [5, 5.41) is 2.67. The predicted molar refractivity (Wildman–Crippen MR) is 165 cm³/mol. The molecule has 1 N–H and O–H groups in total. The molecule has 2 amide bonds. The Labute approximate surface area is 250 Å². The molecule has 0 aromatic heterocycles. The molecule has 1 fully saturated rings. The molecule has 3 aromatic rings. The van der Waals surface area contributed by atoms with E-state index in [9.17, 15) is 14.4 Å². The quantitative estimate of drug-likeness (QED) is 0.264. The van der Waals surface area contributed by atoms with Gasteiger partial charge < -0.3 is 19.5 Å². The Bertz CT molecular complexity index is 1390. The molecule has 9 nitrogen and oxygen atoms in total. The molecule has 1 atom stereocenters. The van der Waals surface area contributed by atoms with Crippen LogP contribution in [0.25, 0.3) is 0 Å². The zero-order valence-corrected chi connectivity index (χ0v) is 24.8. The van der Waals surface area contributed by atoms with Gasteiger partial charge in [0, 0.05) is 18.7 Å². The van der Waals surface area contributed by atoms with E-state index in [1.165, 1.54) is 11.8 Å². The van der Waals surface area contributed by atoms with Gasteiger partial charge in [0.2, 0.25) is 11.8 Å². The molecule has 1 aliphatic rings. The second kappa shape index (κ2) is 15.1. The molecular weight excluding hydrogens is 554 g/mol. The van der Waals surface area contributed by atoms with Crippen molar-refractivity contribution >= 4 is 46.1 Å². The summed E-state index contributed by atoms with van der Waals surface area (Å²) in [6, 6.07) is 21.5. The van der Waals surface area contributed by atoms with E-state index in [4.69, 9.17) is 19.2 Å². The van der Waals surface area contributed by atoms with E-state index in [-0.39, 0.29) is 24.8 Å². The molecule has 0 saturated carbocycles. The predicted octanol–water partition coefficient (Wildman–Crippen LogP) is 5.86. The maximum Gasteiger partial charge on any atom is 0.338 e. The average molecular weight is 590 g/mol. The number of amidine groups is 1. The number of rotatable bonds is 12. The summed E-state index contributed by atoms with van der Waals surface area (Å²) in [4.78, 5) is 45.1. The zero-order chi connectivity index (χ0) is 29.9. The first-order chi connectivity index (χ1) is 20.4. The standard InChI is InChI=1S/C32H35N3O6S/c1-4-20-41-27-16-12-24(13-17-27)33-30(37)28-21-29(36)35(19-18-22-6-14-26(39-3)15-7-22)32(42-28)34-25-10-8-23(9-11-25)31(38)40-5-2/h6-17,28H,4-5,18-21H2,1-3H3,(H,33,37)/t28-/m1/s1. The zero-order valence-electron chi connectivity index (χ0n) is 24.0. The van der Waals surface area contributed by atoms with Crippen LogP contribution in [0.2, 0.25) is 0 Å². The van der Waals surface area contributed by atoms with Gasteiger partial charge >= 0.3 is 5.97 Å². The minimum atomic E-state index is -0.664. The lowest BCUT2D eigenvalue weighted by atomic mass is 10.1. The van der Waals surface area contributed by atoms with E-state index < -0.39 is 11.2 Å². The van der Waals surface area contributed by atoms with Gasteiger partial charge in [-0.15, -0.1) is 0 Å². The summed E-state index contributed by atoms with van der Waals surface area (Å²) in [6.07, 6.45) is 1.54. The molecule has 0 bridgehead atoms. The fraction of sp³-hybridized carbons (Fsp3) is 0.312. The van der Waals surface area contributed by atoms with E-state index >= 15 is 0 Å². The van der Waals surface area contributed by atoms with Gasteiger partial charge in [0.05, 0.1) is 31.6 Å². The summed E-state index contributed by atoms with van der Waals surface area (Å²) in [5.41, 5.74) is 2.62. The van der Waals surface area contributed by atoms with Gasteiger partial charge in [-0.25, -0.2) is 9.79 Å². The van der Waals surface area contributed by atoms with Gasteiger partial charge in [0.25, 0.3) is 0 Å². The molecule has 42 heavy (non-hydrogen) atoms. The maximum absolute atomic E-state index is 13.4. The lowest BCUT2D eigenvalue weighted by Gasteiger charge is -2.32. The smallest absolute Gasteiger partial charge is 0.338 e. The number of aliphatic imine (C=N–C) groups is 1. The van der Waals surface area contributed by atoms with Crippen molar-refractivity contribution in [3.8, 4) is 11.5 Å². The molecule has 1 aliphatic heterocycles. The van der Waals surface area contributed by atoms with Crippen molar-refractivity contribution in [3.05, 3.63) is 83.9 Å². The lowest BCUT2D eigenvalue weighted by molar-refractivity contribution is -0.129. The van der Waals surface area contributed by atoms with Crippen LogP contribution in [0.3, 0.4) is 0 Å². The van der Waals surface area contributed by atoms with Gasteiger partial charge in [0.15, 0.2) is 5.17 Å². The molecule has 1 heterocycles. The molecule has 0 spiro atoms. The summed E-state index contributed by atoms with van der Waals surface area (Å²) in [5.74, 6) is 0.604. The molecule has 0 unspecified atom stereocenters. The number of carbonyl (C=O) groups excluding carboxylic acids is 3. The summed E-state index contributed by atoms with van der Waals surface area (Å²) in [6.45, 7) is 5.08. The number of amides is 2. The summed E-state index contributed by atoms with van der Waals surface area (Å²) < 4.78 is 15.9. The number of ether oxygens (including phenoxy) is 3. The second-order valence-corrected chi connectivity index (χ2v) is 10.6. The number of anilines is 1. The molecule has 3 aromatic carbocycles. The molecule has 0 radical (unpaired) electrons. The van der Waals surface area contributed by atoms with Crippen LogP contribution in [0.4, 0.5) is 11.4 Å². The highest BCUT2D eigenvalue weighted by Crippen LogP contribution is 2.31. The van der Waals surface area contributed by atoms with Crippen LogP contribution in [0.1, 0.15) is 42.6 Å². The van der Waals surface area contributed by atoms with Crippen LogP contribution in [0.5, 0.6) is 11.5 Å². The highest BCUT2D eigenvalue weighted by molar-refractivity contribution is 8.15. The number of hydrogen-bond donors (Lipinski definition) is 1. The lowest BCUT2D eigenvalue weighted by Crippen LogP contribution is -2.46. The number of methoxy groups -OCH3 is 1. The second-order valence-electron chi connectivity index (χ2n) is 9.48. The Morgan fingerprint density at radius 3 is 2.31 bits per heavy atom. The van der Waals surface area contributed by atoms with Gasteiger partial charge in [0.1, 0.15) is 16.7 Å². The fourth-order valence-corrected chi connectivity index (χ4v) is 5.29. The highest BCUT2D eigenvalue weighted by Gasteiger charge is 2.35. The molecule has 10 heteroatoms. The van der Waals surface area contributed by atoms with Crippen molar-refractivity contribution in [1.82, 2.24) is 4.90 Å². The largest absolute Gasteiger partial charge is 0.497 e. The number of thioether (sulfide) groups is 1. The number of carbonyl (C=O) groups is 3. The minimum Gasteiger partial charge on any atom is -0.497 e. The molecule has 220 valence electrons. The summed E-state index contributed by atoms with van der Waals surface area (Å²) in [7, 11) is 1.62. The van der Waals surface area contributed by atoms with Crippen molar-refractivity contribution in [2.45, 2.75) is 38.4 Å². The van der Waals surface area contributed by atoms with Crippen molar-refractivity contribution in [3.63, 3.8) is 0 Å². The van der Waals surface area contributed by atoms with E-state index in [2.05, 4.69) is 5.32 Å². The van der Waals surface area contributed by atoms with Crippen molar-refractivity contribution in [2.24, 2.45) is 4.99 Å². The third-order valence-electron chi connectivity index (χ3n) is 6.41. The fourth-order valence-electron chi connectivity index (χ4n) is 4.17. The first-order valence-electron chi connectivity index (χ1n) is 13.9. The van der Waals surface area contributed by atoms with Gasteiger partial charge in [-0.1, -0.05) is 30.8 Å². The van der Waals surface area contributed by atoms with Crippen LogP contribution < -0.4 is 14.8 Å². The Kier molecular flexibility index (Phi) is 11.0. The van der Waals surface area contributed by atoms with Crippen LogP contribution in [0, 0.1) is 0 Å². The monoisotopic (exact) mass is 589 g/mol. The number of nitrogens with zero attached hydrogens (tertiary/aromatic N) is 2. The molecular formula is C32H35N3O6S. The molecule has 1 saturated heterocycles. The number of esters is 1. The van der Waals surface area contributed by atoms with E-state index in [0.29, 0.717) is 41.7 Å². The third kappa shape index (κ3) is 8.36. The normalized spacial score (nSPS) is 15.8. The van der Waals surface area contributed by atoms with E-state index in [0.717, 1.165) is 23.5 Å². The SMILES string of the molecule is CCCOc1ccc(NC(=O)[C@H]2CC(=O)N(CCc3ccc(OC)cc3)C(=Nc3ccc(C(=O)OCC)cc3)S2)cc1. The van der Waals surface area contributed by atoms with Gasteiger partial charge in [-0.2, -0.15) is 0 Å². The third-order valence-corrected chi connectivity index (χ3v) is 7.60. The van der Waals surface area contributed by atoms with Crippen LogP contribution in [-0.2, 0) is 20.7 Å². The van der Waals surface area contributed by atoms with Gasteiger partial charge in [-0.3, -0.25) is 14.5 Å². The van der Waals surface area contributed by atoms with E-state index in [1.54, 1.807) is 67.5 Å². The van der Waals surface area contributed by atoms with Crippen molar-refractivity contribution in [1.29, 1.82) is 0 Å². The van der Waals surface area contributed by atoms with Crippen LogP contribution in [-0.4, -0.2) is 60.0 Å². The van der Waals surface area contributed by atoms with E-state index in [1.807, 2.05) is 31.2 Å². The summed E-state index contributed by atoms with van der Waals surface area (Å²) >= 11 is 1.25. The first kappa shape index (κ1) is 30.6. The molecule has 0 aliphatic carbocycles. The molecule has 4 rings (SSSR count). The average Bonchev–Trinajstić information content (AvgIpc) is 3.01. The van der Waals surface area contributed by atoms with Crippen molar-refractivity contribution < 1.29 is 28.6 Å². The van der Waals surface area contributed by atoms with Crippen LogP contribution in [0.15, 0.2) is 77.8 Å². The minimum absolute atomic E-state index is 0.0393. The Morgan fingerprint density at radius 1 is 0.976 bits per heavy atom. The Morgan fingerprint density at radius 2 is 1.67 bits per heavy atom. The van der Waals surface area contributed by atoms with Crippen molar-refractivity contribution in [2.75, 3.05) is 32.2 Å². The number of nitrogens with one attached hydrogen (secondary N) is 1. The highest BCUT2D eigenvalue weighted by atomic mass is 32.2. The number of hydrogen-bond acceptors (Lipinski definition) is 8. The maximum atomic E-state index is 13.4.